The van der Waals surface area contributed by atoms with Crippen molar-refractivity contribution < 1.29 is 0 Å². The highest BCUT2D eigenvalue weighted by Gasteiger charge is 2.06. The molecule has 2 aromatic heterocycles. The van der Waals surface area contributed by atoms with Crippen molar-refractivity contribution in [2.24, 2.45) is 0 Å². The zero-order chi connectivity index (χ0) is 13.0. The van der Waals surface area contributed by atoms with Crippen LogP contribution >= 0.6 is 34.5 Å². The van der Waals surface area contributed by atoms with E-state index >= 15 is 0 Å². The zero-order valence-electron chi connectivity index (χ0n) is 10.1. The summed E-state index contributed by atoms with van der Waals surface area (Å²) >= 11 is 13.7. The summed E-state index contributed by atoms with van der Waals surface area (Å²) in [6, 6.07) is 5.93. The molecule has 96 valence electrons. The first-order valence-electron chi connectivity index (χ1n) is 5.66. The van der Waals surface area contributed by atoms with Crippen molar-refractivity contribution >= 4 is 34.5 Å². The highest BCUT2D eigenvalue weighted by atomic mass is 35.5. The summed E-state index contributed by atoms with van der Waals surface area (Å²) in [4.78, 5) is 7.70. The number of hydrogen-bond acceptors (Lipinski definition) is 3. The van der Waals surface area contributed by atoms with Crippen molar-refractivity contribution in [2.75, 3.05) is 13.6 Å². The predicted molar refractivity (Wildman–Crippen MR) is 78.6 cm³/mol. The van der Waals surface area contributed by atoms with Crippen LogP contribution in [0.4, 0.5) is 0 Å². The fourth-order valence-electron chi connectivity index (χ4n) is 1.68. The molecule has 0 saturated heterocycles. The van der Waals surface area contributed by atoms with E-state index in [1.165, 1.54) is 4.88 Å². The van der Waals surface area contributed by atoms with Gasteiger partial charge < -0.3 is 4.90 Å². The van der Waals surface area contributed by atoms with Crippen LogP contribution in [-0.4, -0.2) is 23.5 Å². The minimum atomic E-state index is 0.435. The summed E-state index contributed by atoms with van der Waals surface area (Å²) < 4.78 is 0. The molecule has 0 saturated carbocycles. The fraction of sp³-hybridized carbons (Fsp3) is 0.308. The van der Waals surface area contributed by atoms with E-state index in [2.05, 4.69) is 34.4 Å². The third-order valence-corrected chi connectivity index (χ3v) is 4.15. The third kappa shape index (κ3) is 3.95. The summed E-state index contributed by atoms with van der Waals surface area (Å²) in [7, 11) is 2.08. The van der Waals surface area contributed by atoms with E-state index in [1.807, 2.05) is 0 Å². The summed E-state index contributed by atoms with van der Waals surface area (Å²) in [6.07, 6.45) is 2.80. The molecule has 2 nitrogen and oxygen atoms in total. The molecule has 0 radical (unpaired) electrons. The maximum Gasteiger partial charge on any atom is 0.130 e. The van der Waals surface area contributed by atoms with E-state index in [0.29, 0.717) is 10.2 Å². The number of nitrogens with zero attached hydrogens (tertiary/aromatic N) is 2. The standard InChI is InChI=1S/C13H14Cl2N2S/c1-17(5-4-11-3-2-6-18-11)9-10-8-16-13(15)7-12(10)14/h2-3,6-8H,4-5,9H2,1H3. The van der Waals surface area contributed by atoms with E-state index in [9.17, 15) is 0 Å². The van der Waals surface area contributed by atoms with Crippen LogP contribution in [0.25, 0.3) is 0 Å². The van der Waals surface area contributed by atoms with Crippen molar-refractivity contribution in [1.29, 1.82) is 0 Å². The summed E-state index contributed by atoms with van der Waals surface area (Å²) in [5.41, 5.74) is 1.01. The van der Waals surface area contributed by atoms with Gasteiger partial charge in [0, 0.05) is 34.7 Å². The van der Waals surface area contributed by atoms with Gasteiger partial charge in [0.25, 0.3) is 0 Å². The monoisotopic (exact) mass is 300 g/mol. The van der Waals surface area contributed by atoms with Crippen LogP contribution in [0.3, 0.4) is 0 Å². The molecule has 2 rings (SSSR count). The van der Waals surface area contributed by atoms with Crippen molar-refractivity contribution in [3.63, 3.8) is 0 Å². The summed E-state index contributed by atoms with van der Waals surface area (Å²) in [6.45, 7) is 1.79. The van der Waals surface area contributed by atoms with Crippen molar-refractivity contribution in [2.45, 2.75) is 13.0 Å². The molecule has 0 fully saturated rings. The van der Waals surface area contributed by atoms with Gasteiger partial charge in [0.05, 0.1) is 0 Å². The lowest BCUT2D eigenvalue weighted by Gasteiger charge is -2.16. The Balaban J connectivity index is 1.88. The van der Waals surface area contributed by atoms with Gasteiger partial charge in [0.1, 0.15) is 5.15 Å². The van der Waals surface area contributed by atoms with Gasteiger partial charge in [-0.1, -0.05) is 29.3 Å². The van der Waals surface area contributed by atoms with Crippen LogP contribution < -0.4 is 0 Å². The molecule has 0 bridgehead atoms. The van der Waals surface area contributed by atoms with Gasteiger partial charge in [-0.2, -0.15) is 0 Å². The molecule has 0 N–H and O–H groups in total. The quantitative estimate of drug-likeness (QED) is 0.772. The molecule has 5 heteroatoms. The molecule has 2 heterocycles. The minimum Gasteiger partial charge on any atom is -0.302 e. The predicted octanol–water partition coefficient (Wildman–Crippen LogP) is 4.12. The van der Waals surface area contributed by atoms with Gasteiger partial charge in [-0.15, -0.1) is 11.3 Å². The molecule has 0 amide bonds. The highest BCUT2D eigenvalue weighted by molar-refractivity contribution is 7.09. The fourth-order valence-corrected chi connectivity index (χ4v) is 2.80. The molecular weight excluding hydrogens is 287 g/mol. The van der Waals surface area contributed by atoms with Crippen LogP contribution in [-0.2, 0) is 13.0 Å². The maximum absolute atomic E-state index is 6.12. The van der Waals surface area contributed by atoms with E-state index in [-0.39, 0.29) is 0 Å². The Morgan fingerprint density at radius 1 is 1.39 bits per heavy atom. The Hall–Kier alpha value is -0.610. The SMILES string of the molecule is CN(CCc1cccs1)Cc1cnc(Cl)cc1Cl. The highest BCUT2D eigenvalue weighted by Crippen LogP contribution is 2.20. The van der Waals surface area contributed by atoms with Crippen LogP contribution in [0.5, 0.6) is 0 Å². The van der Waals surface area contributed by atoms with E-state index in [0.717, 1.165) is 25.1 Å². The molecule has 0 aliphatic rings. The van der Waals surface area contributed by atoms with Gasteiger partial charge in [-0.25, -0.2) is 4.98 Å². The molecule has 0 aliphatic carbocycles. The number of thiophene rings is 1. The van der Waals surface area contributed by atoms with Gasteiger partial charge in [0.2, 0.25) is 0 Å². The molecular formula is C13H14Cl2N2S. The molecule has 2 aromatic rings. The first-order valence-corrected chi connectivity index (χ1v) is 7.29. The molecule has 0 unspecified atom stereocenters. The zero-order valence-corrected chi connectivity index (χ0v) is 12.4. The third-order valence-electron chi connectivity index (χ3n) is 2.66. The number of rotatable bonds is 5. The van der Waals surface area contributed by atoms with E-state index in [4.69, 9.17) is 23.2 Å². The van der Waals surface area contributed by atoms with E-state index < -0.39 is 0 Å². The average Bonchev–Trinajstić information content (AvgIpc) is 2.83. The second-order valence-electron chi connectivity index (χ2n) is 4.17. The Kier molecular flexibility index (Phi) is 5.01. The first kappa shape index (κ1) is 13.8. The Morgan fingerprint density at radius 2 is 2.22 bits per heavy atom. The smallest absolute Gasteiger partial charge is 0.130 e. The number of aromatic nitrogens is 1. The largest absolute Gasteiger partial charge is 0.302 e. The van der Waals surface area contributed by atoms with Crippen molar-refractivity contribution in [1.82, 2.24) is 9.88 Å². The van der Waals surface area contributed by atoms with Gasteiger partial charge in [-0.3, -0.25) is 0 Å². The van der Waals surface area contributed by atoms with Crippen LogP contribution in [0.1, 0.15) is 10.4 Å². The van der Waals surface area contributed by atoms with Crippen LogP contribution in [0.2, 0.25) is 10.2 Å². The van der Waals surface area contributed by atoms with Crippen molar-refractivity contribution in [3.05, 3.63) is 50.4 Å². The number of hydrogen-bond donors (Lipinski definition) is 0. The minimum absolute atomic E-state index is 0.435. The number of likely N-dealkylation sites (N-methyl/N-ethyl adjacent to an activating group) is 1. The summed E-state index contributed by atoms with van der Waals surface area (Å²) in [5.74, 6) is 0. The normalized spacial score (nSPS) is 11.1. The lowest BCUT2D eigenvalue weighted by molar-refractivity contribution is 0.331. The van der Waals surface area contributed by atoms with Gasteiger partial charge in [0.15, 0.2) is 0 Å². The second-order valence-corrected chi connectivity index (χ2v) is 5.99. The van der Waals surface area contributed by atoms with Gasteiger partial charge >= 0.3 is 0 Å². The lowest BCUT2D eigenvalue weighted by Crippen LogP contribution is -2.20. The Morgan fingerprint density at radius 3 is 2.89 bits per heavy atom. The lowest BCUT2D eigenvalue weighted by atomic mass is 10.2. The first-order chi connectivity index (χ1) is 8.65. The van der Waals surface area contributed by atoms with Gasteiger partial charge in [-0.05, 0) is 31.0 Å². The van der Waals surface area contributed by atoms with Crippen LogP contribution in [0, 0.1) is 0 Å². The molecule has 18 heavy (non-hydrogen) atoms. The average molecular weight is 301 g/mol. The molecule has 0 spiro atoms. The molecule has 0 atom stereocenters. The number of halogens is 2. The number of pyridine rings is 1. The van der Waals surface area contributed by atoms with Crippen LogP contribution in [0.15, 0.2) is 29.8 Å². The Labute approximate surface area is 121 Å². The second kappa shape index (κ2) is 6.53. The molecule has 0 aliphatic heterocycles. The Bertz CT molecular complexity index is 500. The topological polar surface area (TPSA) is 16.1 Å². The van der Waals surface area contributed by atoms with Crippen molar-refractivity contribution in [3.8, 4) is 0 Å². The molecule has 0 aromatic carbocycles. The summed E-state index contributed by atoms with van der Waals surface area (Å²) in [5, 5.41) is 3.22. The van der Waals surface area contributed by atoms with E-state index in [1.54, 1.807) is 23.6 Å². The maximum atomic E-state index is 6.12.